The van der Waals surface area contributed by atoms with Crippen LogP contribution in [0.5, 0.6) is 5.75 Å². The zero-order valence-corrected chi connectivity index (χ0v) is 14.4. The number of aromatic hydroxyl groups is 1. The van der Waals surface area contributed by atoms with Crippen LogP contribution in [-0.4, -0.2) is 29.7 Å². The molecule has 0 unspecified atom stereocenters. The van der Waals surface area contributed by atoms with Crippen LogP contribution in [0.2, 0.25) is 0 Å². The topological polar surface area (TPSA) is 61.8 Å². The summed E-state index contributed by atoms with van der Waals surface area (Å²) in [7, 11) is 1.64. The minimum atomic E-state index is -0.108. The molecule has 1 aliphatic carbocycles. The van der Waals surface area contributed by atoms with Crippen molar-refractivity contribution >= 4 is 11.7 Å². The number of anilines is 1. The Balaban J connectivity index is 1.71. The minimum Gasteiger partial charge on any atom is -0.508 e. The largest absolute Gasteiger partial charge is 0.508 e. The van der Waals surface area contributed by atoms with E-state index in [-0.39, 0.29) is 11.8 Å². The molecule has 0 saturated heterocycles. The molecule has 0 heterocycles. The van der Waals surface area contributed by atoms with Crippen molar-refractivity contribution in [3.8, 4) is 5.75 Å². The van der Waals surface area contributed by atoms with Crippen LogP contribution in [0.15, 0.2) is 48.5 Å². The van der Waals surface area contributed by atoms with Crippen LogP contribution in [0.4, 0.5) is 10.5 Å². The van der Waals surface area contributed by atoms with E-state index in [0.717, 1.165) is 23.4 Å². The number of nitrogens with one attached hydrogen (secondary N) is 1. The van der Waals surface area contributed by atoms with E-state index in [9.17, 15) is 9.90 Å². The Hall–Kier alpha value is -2.53. The smallest absolute Gasteiger partial charge is 0.322 e. The zero-order valence-electron chi connectivity index (χ0n) is 14.4. The summed E-state index contributed by atoms with van der Waals surface area (Å²) in [6, 6.07) is 14.6. The van der Waals surface area contributed by atoms with E-state index in [1.54, 1.807) is 19.2 Å². The standard InChI is InChI=1S/C20H24N2O3/c1-25-14-17-4-2-3-5-19(17)21-20(24)22(12-15-6-7-15)13-16-8-10-18(23)11-9-16/h2-5,8-11,15,23H,6-7,12-14H2,1H3,(H,21,24). The van der Waals surface area contributed by atoms with Crippen molar-refractivity contribution in [2.45, 2.75) is 26.0 Å². The van der Waals surface area contributed by atoms with Crippen LogP contribution < -0.4 is 5.32 Å². The lowest BCUT2D eigenvalue weighted by Crippen LogP contribution is -2.36. The van der Waals surface area contributed by atoms with E-state index < -0.39 is 0 Å². The number of ether oxygens (including phenoxy) is 1. The first-order valence-electron chi connectivity index (χ1n) is 8.56. The van der Waals surface area contributed by atoms with E-state index in [4.69, 9.17) is 4.74 Å². The Morgan fingerprint density at radius 3 is 2.60 bits per heavy atom. The molecular weight excluding hydrogens is 316 g/mol. The highest BCUT2D eigenvalue weighted by Crippen LogP contribution is 2.30. The Kier molecular flexibility index (Phi) is 5.56. The SMILES string of the molecule is COCc1ccccc1NC(=O)N(Cc1ccc(O)cc1)CC1CC1. The number of urea groups is 1. The lowest BCUT2D eigenvalue weighted by Gasteiger charge is -2.24. The molecule has 132 valence electrons. The fraction of sp³-hybridized carbons (Fsp3) is 0.350. The zero-order chi connectivity index (χ0) is 17.6. The number of methoxy groups -OCH3 is 1. The third kappa shape index (κ3) is 4.97. The van der Waals surface area contributed by atoms with Gasteiger partial charge < -0.3 is 20.1 Å². The highest BCUT2D eigenvalue weighted by Gasteiger charge is 2.27. The third-order valence-corrected chi connectivity index (χ3v) is 4.33. The fourth-order valence-electron chi connectivity index (χ4n) is 2.77. The summed E-state index contributed by atoms with van der Waals surface area (Å²) in [5, 5.41) is 12.4. The summed E-state index contributed by atoms with van der Waals surface area (Å²) < 4.78 is 5.20. The molecule has 5 heteroatoms. The summed E-state index contributed by atoms with van der Waals surface area (Å²) >= 11 is 0. The number of phenolic OH excluding ortho intramolecular Hbond substituents is 1. The number of hydrogen-bond acceptors (Lipinski definition) is 3. The van der Waals surface area contributed by atoms with Gasteiger partial charge in [0.25, 0.3) is 0 Å². The summed E-state index contributed by atoms with van der Waals surface area (Å²) in [4.78, 5) is 14.7. The van der Waals surface area contributed by atoms with Gasteiger partial charge in [-0.15, -0.1) is 0 Å². The fourth-order valence-corrected chi connectivity index (χ4v) is 2.77. The molecule has 5 nitrogen and oxygen atoms in total. The average Bonchev–Trinajstić information content (AvgIpc) is 3.42. The van der Waals surface area contributed by atoms with Crippen LogP contribution in [-0.2, 0) is 17.9 Å². The highest BCUT2D eigenvalue weighted by atomic mass is 16.5. The molecule has 1 aliphatic rings. The molecule has 0 atom stereocenters. The van der Waals surface area contributed by atoms with Crippen LogP contribution in [0.25, 0.3) is 0 Å². The van der Waals surface area contributed by atoms with Gasteiger partial charge in [0.05, 0.1) is 6.61 Å². The maximum atomic E-state index is 12.8. The van der Waals surface area contributed by atoms with Gasteiger partial charge >= 0.3 is 6.03 Å². The van der Waals surface area contributed by atoms with Gasteiger partial charge in [-0.25, -0.2) is 4.79 Å². The van der Waals surface area contributed by atoms with Gasteiger partial charge in [-0.05, 0) is 42.5 Å². The van der Waals surface area contributed by atoms with Crippen LogP contribution in [0, 0.1) is 5.92 Å². The second-order valence-electron chi connectivity index (χ2n) is 6.51. The minimum absolute atomic E-state index is 0.108. The van der Waals surface area contributed by atoms with E-state index in [1.165, 1.54) is 12.8 Å². The summed E-state index contributed by atoms with van der Waals surface area (Å²) in [6.07, 6.45) is 2.36. The lowest BCUT2D eigenvalue weighted by atomic mass is 10.2. The molecule has 2 amide bonds. The molecule has 2 N–H and O–H groups in total. The first kappa shape index (κ1) is 17.3. The molecule has 3 rings (SSSR count). The van der Waals surface area contributed by atoms with Crippen molar-refractivity contribution in [3.63, 3.8) is 0 Å². The van der Waals surface area contributed by atoms with E-state index in [0.29, 0.717) is 19.1 Å². The number of benzene rings is 2. The van der Waals surface area contributed by atoms with Crippen LogP contribution >= 0.6 is 0 Å². The Labute approximate surface area is 148 Å². The van der Waals surface area contributed by atoms with Gasteiger partial charge in [0, 0.05) is 31.5 Å². The number of para-hydroxylation sites is 1. The predicted octanol–water partition coefficient (Wildman–Crippen LogP) is 3.98. The Bertz CT molecular complexity index is 711. The van der Waals surface area contributed by atoms with E-state index in [2.05, 4.69) is 5.32 Å². The summed E-state index contributed by atoms with van der Waals surface area (Å²) in [6.45, 7) is 1.73. The number of phenols is 1. The van der Waals surface area contributed by atoms with Gasteiger partial charge in [-0.1, -0.05) is 30.3 Å². The quantitative estimate of drug-likeness (QED) is 0.801. The van der Waals surface area contributed by atoms with Crippen molar-refractivity contribution in [1.29, 1.82) is 0 Å². The van der Waals surface area contributed by atoms with Gasteiger partial charge in [-0.3, -0.25) is 0 Å². The second kappa shape index (κ2) is 8.03. The monoisotopic (exact) mass is 340 g/mol. The number of rotatable bonds is 7. The highest BCUT2D eigenvalue weighted by molar-refractivity contribution is 5.90. The number of hydrogen-bond donors (Lipinski definition) is 2. The molecule has 0 aliphatic heterocycles. The molecule has 2 aromatic carbocycles. The van der Waals surface area contributed by atoms with Crippen molar-refractivity contribution in [2.75, 3.05) is 19.0 Å². The number of carbonyl (C=O) groups is 1. The van der Waals surface area contributed by atoms with Crippen molar-refractivity contribution < 1.29 is 14.6 Å². The molecule has 25 heavy (non-hydrogen) atoms. The maximum absolute atomic E-state index is 12.8. The Morgan fingerprint density at radius 1 is 1.20 bits per heavy atom. The first-order chi connectivity index (χ1) is 12.2. The molecule has 1 saturated carbocycles. The molecule has 1 fully saturated rings. The van der Waals surface area contributed by atoms with Crippen LogP contribution in [0.1, 0.15) is 24.0 Å². The van der Waals surface area contributed by atoms with Gasteiger partial charge in [0.15, 0.2) is 0 Å². The van der Waals surface area contributed by atoms with Gasteiger partial charge in [0.2, 0.25) is 0 Å². The normalized spacial score (nSPS) is 13.5. The number of carbonyl (C=O) groups excluding carboxylic acids is 1. The van der Waals surface area contributed by atoms with E-state index in [1.807, 2.05) is 41.3 Å². The number of nitrogens with zero attached hydrogens (tertiary/aromatic N) is 1. The van der Waals surface area contributed by atoms with E-state index >= 15 is 0 Å². The molecule has 0 bridgehead atoms. The predicted molar refractivity (Wildman–Crippen MR) is 97.4 cm³/mol. The third-order valence-electron chi connectivity index (χ3n) is 4.33. The molecule has 0 spiro atoms. The Morgan fingerprint density at radius 2 is 1.92 bits per heavy atom. The lowest BCUT2D eigenvalue weighted by molar-refractivity contribution is 0.185. The summed E-state index contributed by atoms with van der Waals surface area (Å²) in [5.74, 6) is 0.826. The molecule has 0 radical (unpaired) electrons. The van der Waals surface area contributed by atoms with Crippen molar-refractivity contribution in [3.05, 3.63) is 59.7 Å². The van der Waals surface area contributed by atoms with Gasteiger partial charge in [-0.2, -0.15) is 0 Å². The van der Waals surface area contributed by atoms with Crippen molar-refractivity contribution in [1.82, 2.24) is 4.90 Å². The van der Waals surface area contributed by atoms with Crippen molar-refractivity contribution in [2.24, 2.45) is 5.92 Å². The first-order valence-corrected chi connectivity index (χ1v) is 8.56. The van der Waals surface area contributed by atoms with Gasteiger partial charge in [0.1, 0.15) is 5.75 Å². The average molecular weight is 340 g/mol. The molecule has 0 aromatic heterocycles. The summed E-state index contributed by atoms with van der Waals surface area (Å²) in [5.41, 5.74) is 2.73. The molecule has 2 aromatic rings. The van der Waals surface area contributed by atoms with Crippen LogP contribution in [0.3, 0.4) is 0 Å². The number of amides is 2. The maximum Gasteiger partial charge on any atom is 0.322 e. The second-order valence-corrected chi connectivity index (χ2v) is 6.51. The molecular formula is C20H24N2O3.